The number of methoxy groups -OCH3 is 1. The van der Waals surface area contributed by atoms with Gasteiger partial charge < -0.3 is 25.0 Å². The quantitative estimate of drug-likeness (QED) is 0.245. The van der Waals surface area contributed by atoms with Crippen molar-refractivity contribution in [3.8, 4) is 0 Å². The molecule has 0 heterocycles. The largest absolute Gasteiger partial charge is 0.383 e. The Hall–Kier alpha value is -0.120. The van der Waals surface area contributed by atoms with E-state index in [0.29, 0.717) is 6.61 Å². The van der Waals surface area contributed by atoms with Crippen LogP contribution >= 0.6 is 24.0 Å². The molecule has 0 aromatic rings. The first-order valence-corrected chi connectivity index (χ1v) is 6.44. The fourth-order valence-electron chi connectivity index (χ4n) is 1.33. The van der Waals surface area contributed by atoms with Crippen LogP contribution in [0, 0.1) is 0 Å². The highest BCUT2D eigenvalue weighted by atomic mass is 127. The van der Waals surface area contributed by atoms with E-state index < -0.39 is 0 Å². The van der Waals surface area contributed by atoms with Gasteiger partial charge in [-0.2, -0.15) is 0 Å². The lowest BCUT2D eigenvalue weighted by Gasteiger charge is -2.17. The average Bonchev–Trinajstić information content (AvgIpc) is 2.39. The van der Waals surface area contributed by atoms with Gasteiger partial charge in [0.15, 0.2) is 5.96 Å². The first-order valence-electron chi connectivity index (χ1n) is 6.44. The van der Waals surface area contributed by atoms with E-state index in [0.717, 1.165) is 45.4 Å². The summed E-state index contributed by atoms with van der Waals surface area (Å²) in [6.45, 7) is 7.72. The summed E-state index contributed by atoms with van der Waals surface area (Å²) in [5.41, 5.74) is 0. The summed E-state index contributed by atoms with van der Waals surface area (Å²) in [6.07, 6.45) is 0. The van der Waals surface area contributed by atoms with Crippen LogP contribution in [0.15, 0.2) is 4.99 Å². The topological polar surface area (TPSA) is 58.1 Å². The van der Waals surface area contributed by atoms with E-state index >= 15 is 0 Å². The van der Waals surface area contributed by atoms with Crippen LogP contribution in [0.3, 0.4) is 0 Å². The van der Waals surface area contributed by atoms with Crippen LogP contribution in [-0.2, 0) is 9.47 Å². The van der Waals surface area contributed by atoms with E-state index in [-0.39, 0.29) is 24.0 Å². The molecule has 116 valence electrons. The molecule has 0 fully saturated rings. The van der Waals surface area contributed by atoms with Crippen LogP contribution in [0.5, 0.6) is 0 Å². The van der Waals surface area contributed by atoms with Crippen molar-refractivity contribution in [2.45, 2.75) is 6.92 Å². The van der Waals surface area contributed by atoms with Gasteiger partial charge in [-0.3, -0.25) is 4.99 Å². The molecule has 0 aliphatic rings. The Labute approximate surface area is 134 Å². The number of aliphatic imine (C=N–C) groups is 1. The van der Waals surface area contributed by atoms with Crippen LogP contribution in [0.2, 0.25) is 0 Å². The number of nitrogens with one attached hydrogen (secondary N) is 2. The third kappa shape index (κ3) is 14.1. The summed E-state index contributed by atoms with van der Waals surface area (Å²) < 4.78 is 10.3. The maximum absolute atomic E-state index is 5.25. The van der Waals surface area contributed by atoms with Crippen molar-refractivity contribution in [3.05, 3.63) is 0 Å². The maximum Gasteiger partial charge on any atom is 0.191 e. The van der Waals surface area contributed by atoms with Crippen molar-refractivity contribution in [2.24, 2.45) is 4.99 Å². The molecule has 0 aromatic carbocycles. The zero-order valence-electron chi connectivity index (χ0n) is 12.6. The Morgan fingerprint density at radius 1 is 1.16 bits per heavy atom. The average molecular weight is 388 g/mol. The minimum Gasteiger partial charge on any atom is -0.383 e. The normalized spacial score (nSPS) is 11.3. The van der Waals surface area contributed by atoms with Crippen molar-refractivity contribution in [1.29, 1.82) is 0 Å². The van der Waals surface area contributed by atoms with Gasteiger partial charge >= 0.3 is 0 Å². The number of halogens is 1. The van der Waals surface area contributed by atoms with Crippen molar-refractivity contribution < 1.29 is 9.47 Å². The molecule has 0 saturated heterocycles. The van der Waals surface area contributed by atoms with Gasteiger partial charge in [-0.25, -0.2) is 0 Å². The second-order valence-corrected chi connectivity index (χ2v) is 3.92. The second kappa shape index (κ2) is 15.9. The van der Waals surface area contributed by atoms with E-state index in [1.54, 1.807) is 14.2 Å². The lowest BCUT2D eigenvalue weighted by Crippen LogP contribution is -2.42. The van der Waals surface area contributed by atoms with E-state index in [1.807, 2.05) is 6.92 Å². The van der Waals surface area contributed by atoms with Crippen LogP contribution in [0.4, 0.5) is 0 Å². The molecule has 0 spiro atoms. The van der Waals surface area contributed by atoms with E-state index in [9.17, 15) is 0 Å². The number of rotatable bonds is 10. The zero-order chi connectivity index (χ0) is 13.6. The molecule has 0 amide bonds. The molecule has 0 saturated carbocycles. The standard InChI is InChI=1S/C12H28N4O2.HI/c1-5-18-10-7-15-12(13-2)14-6-8-16(3)9-11-17-4;/h5-11H2,1-4H3,(H2,13,14,15);1H. The maximum atomic E-state index is 5.25. The minimum atomic E-state index is 0. The lowest BCUT2D eigenvalue weighted by atomic mass is 10.5. The van der Waals surface area contributed by atoms with Gasteiger partial charge in [-0.15, -0.1) is 24.0 Å². The smallest absolute Gasteiger partial charge is 0.191 e. The Morgan fingerprint density at radius 3 is 2.42 bits per heavy atom. The highest BCUT2D eigenvalue weighted by Gasteiger charge is 1.99. The summed E-state index contributed by atoms with van der Waals surface area (Å²) in [6, 6.07) is 0. The zero-order valence-corrected chi connectivity index (χ0v) is 14.9. The summed E-state index contributed by atoms with van der Waals surface area (Å²) >= 11 is 0. The molecule has 0 atom stereocenters. The predicted molar refractivity (Wildman–Crippen MR) is 90.6 cm³/mol. The molecule has 0 radical (unpaired) electrons. The number of likely N-dealkylation sites (N-methyl/N-ethyl adjacent to an activating group) is 1. The van der Waals surface area contributed by atoms with E-state index in [1.165, 1.54) is 0 Å². The minimum absolute atomic E-state index is 0. The van der Waals surface area contributed by atoms with Crippen LogP contribution < -0.4 is 10.6 Å². The highest BCUT2D eigenvalue weighted by molar-refractivity contribution is 14.0. The SMILES string of the molecule is CCOCCNC(=NC)NCCN(C)CCOC.I. The van der Waals surface area contributed by atoms with Gasteiger partial charge in [0, 0.05) is 46.9 Å². The van der Waals surface area contributed by atoms with E-state index in [2.05, 4.69) is 27.6 Å². The molecule has 0 aliphatic heterocycles. The van der Waals surface area contributed by atoms with Gasteiger partial charge in [0.05, 0.1) is 13.2 Å². The van der Waals surface area contributed by atoms with Crippen LogP contribution in [-0.4, -0.2) is 78.1 Å². The molecular formula is C12H29IN4O2. The summed E-state index contributed by atoms with van der Waals surface area (Å²) in [7, 11) is 5.56. The lowest BCUT2D eigenvalue weighted by molar-refractivity contribution is 0.152. The first-order chi connectivity index (χ1) is 8.74. The van der Waals surface area contributed by atoms with Crippen LogP contribution in [0.1, 0.15) is 6.92 Å². The summed E-state index contributed by atoms with van der Waals surface area (Å²) in [5, 5.41) is 6.45. The summed E-state index contributed by atoms with van der Waals surface area (Å²) in [5.74, 6) is 0.815. The van der Waals surface area contributed by atoms with Gasteiger partial charge in [0.25, 0.3) is 0 Å². The molecule has 2 N–H and O–H groups in total. The predicted octanol–water partition coefficient (Wildman–Crippen LogP) is 0.384. The number of hydrogen-bond acceptors (Lipinski definition) is 4. The summed E-state index contributed by atoms with van der Waals surface area (Å²) in [4.78, 5) is 6.35. The van der Waals surface area contributed by atoms with Crippen LogP contribution in [0.25, 0.3) is 0 Å². The highest BCUT2D eigenvalue weighted by Crippen LogP contribution is 1.81. The fraction of sp³-hybridized carbons (Fsp3) is 0.917. The Balaban J connectivity index is 0. The van der Waals surface area contributed by atoms with Crippen molar-refractivity contribution >= 4 is 29.9 Å². The molecule has 19 heavy (non-hydrogen) atoms. The third-order valence-electron chi connectivity index (χ3n) is 2.43. The van der Waals surface area contributed by atoms with Crippen molar-refractivity contribution in [2.75, 3.05) is 67.2 Å². The molecule has 0 aliphatic carbocycles. The van der Waals surface area contributed by atoms with Crippen molar-refractivity contribution in [3.63, 3.8) is 0 Å². The van der Waals surface area contributed by atoms with Gasteiger partial charge in [-0.05, 0) is 14.0 Å². The Morgan fingerprint density at radius 2 is 1.84 bits per heavy atom. The Kier molecular flexibility index (Phi) is 17.8. The molecule has 7 heteroatoms. The molecule has 0 rings (SSSR count). The third-order valence-corrected chi connectivity index (χ3v) is 2.43. The monoisotopic (exact) mass is 388 g/mol. The van der Waals surface area contributed by atoms with Gasteiger partial charge in [-0.1, -0.05) is 0 Å². The molecule has 0 unspecified atom stereocenters. The number of guanidine groups is 1. The fourth-order valence-corrected chi connectivity index (χ4v) is 1.33. The second-order valence-electron chi connectivity index (χ2n) is 3.92. The van der Waals surface area contributed by atoms with Gasteiger partial charge in [0.1, 0.15) is 0 Å². The van der Waals surface area contributed by atoms with E-state index in [4.69, 9.17) is 9.47 Å². The molecule has 6 nitrogen and oxygen atoms in total. The molecular weight excluding hydrogens is 359 g/mol. The Bertz CT molecular complexity index is 218. The number of ether oxygens (including phenoxy) is 2. The molecule has 0 bridgehead atoms. The van der Waals surface area contributed by atoms with Crippen molar-refractivity contribution in [1.82, 2.24) is 15.5 Å². The van der Waals surface area contributed by atoms with Gasteiger partial charge in [0.2, 0.25) is 0 Å². The number of hydrogen-bond donors (Lipinski definition) is 2. The first kappa shape index (κ1) is 21.2. The number of nitrogens with zero attached hydrogens (tertiary/aromatic N) is 2. The molecule has 0 aromatic heterocycles.